The van der Waals surface area contributed by atoms with E-state index in [4.69, 9.17) is 28.9 Å². The average Bonchev–Trinajstić information content (AvgIpc) is 2.20. The van der Waals surface area contributed by atoms with Crippen LogP contribution in [-0.4, -0.2) is 6.54 Å². The van der Waals surface area contributed by atoms with Crippen molar-refractivity contribution in [3.63, 3.8) is 0 Å². The summed E-state index contributed by atoms with van der Waals surface area (Å²) in [6, 6.07) is 5.67. The number of nitrogens with two attached hydrogens (primary N) is 1. The molecule has 2 N–H and O–H groups in total. The predicted molar refractivity (Wildman–Crippen MR) is 72.2 cm³/mol. The maximum atomic E-state index is 6.14. The van der Waals surface area contributed by atoms with Gasteiger partial charge in [-0.05, 0) is 48.9 Å². The molecule has 1 unspecified atom stereocenters. The van der Waals surface area contributed by atoms with E-state index in [1.54, 1.807) is 6.07 Å². The third-order valence-corrected chi connectivity index (χ3v) is 3.25. The van der Waals surface area contributed by atoms with Crippen LogP contribution >= 0.6 is 23.2 Å². The maximum Gasteiger partial charge on any atom is 0.0452 e. The van der Waals surface area contributed by atoms with E-state index >= 15 is 0 Å². The van der Waals surface area contributed by atoms with Crippen molar-refractivity contribution in [1.29, 1.82) is 0 Å². The second kappa shape index (κ2) is 6.48. The molecule has 1 nitrogen and oxygen atoms in total. The molecule has 90 valence electrons. The molecule has 0 heterocycles. The molecule has 1 aromatic rings. The van der Waals surface area contributed by atoms with Crippen LogP contribution in [0.25, 0.3) is 0 Å². The van der Waals surface area contributed by atoms with E-state index in [1.807, 2.05) is 12.1 Å². The zero-order chi connectivity index (χ0) is 12.1. The van der Waals surface area contributed by atoms with Gasteiger partial charge in [-0.2, -0.15) is 0 Å². The lowest BCUT2D eigenvalue weighted by molar-refractivity contribution is 0.415. The Balaban J connectivity index is 2.70. The second-order valence-electron chi connectivity index (χ2n) is 4.67. The molecule has 0 amide bonds. The molecule has 0 aliphatic heterocycles. The topological polar surface area (TPSA) is 26.0 Å². The van der Waals surface area contributed by atoms with Crippen LogP contribution in [-0.2, 0) is 6.42 Å². The highest BCUT2D eigenvalue weighted by Crippen LogP contribution is 2.25. The molecular formula is C13H19Cl2N. The summed E-state index contributed by atoms with van der Waals surface area (Å²) in [7, 11) is 0. The van der Waals surface area contributed by atoms with Crippen LogP contribution < -0.4 is 5.73 Å². The van der Waals surface area contributed by atoms with Gasteiger partial charge in [0.05, 0.1) is 0 Å². The lowest BCUT2D eigenvalue weighted by Crippen LogP contribution is -2.19. The minimum atomic E-state index is 0.499. The molecule has 1 aromatic carbocycles. The van der Waals surface area contributed by atoms with E-state index in [9.17, 15) is 0 Å². The van der Waals surface area contributed by atoms with E-state index in [1.165, 1.54) is 0 Å². The molecule has 0 saturated carbocycles. The van der Waals surface area contributed by atoms with Crippen molar-refractivity contribution in [3.8, 4) is 0 Å². The summed E-state index contributed by atoms with van der Waals surface area (Å²) in [4.78, 5) is 0. The van der Waals surface area contributed by atoms with Gasteiger partial charge < -0.3 is 5.73 Å². The van der Waals surface area contributed by atoms with E-state index in [-0.39, 0.29) is 0 Å². The van der Waals surface area contributed by atoms with Crippen LogP contribution in [0.3, 0.4) is 0 Å². The first-order chi connectivity index (χ1) is 7.52. The third kappa shape index (κ3) is 4.32. The van der Waals surface area contributed by atoms with Gasteiger partial charge >= 0.3 is 0 Å². The van der Waals surface area contributed by atoms with Crippen molar-refractivity contribution in [2.45, 2.75) is 26.7 Å². The van der Waals surface area contributed by atoms with Crippen LogP contribution in [0.5, 0.6) is 0 Å². The summed E-state index contributed by atoms with van der Waals surface area (Å²) in [5, 5.41) is 1.43. The number of hydrogen-bond acceptors (Lipinski definition) is 1. The van der Waals surface area contributed by atoms with Gasteiger partial charge in [0.25, 0.3) is 0 Å². The van der Waals surface area contributed by atoms with Gasteiger partial charge in [0.1, 0.15) is 0 Å². The van der Waals surface area contributed by atoms with Gasteiger partial charge in [-0.3, -0.25) is 0 Å². The lowest BCUT2D eigenvalue weighted by atomic mass is 9.91. The first-order valence-corrected chi connectivity index (χ1v) is 6.42. The van der Waals surface area contributed by atoms with Crippen molar-refractivity contribution in [3.05, 3.63) is 33.8 Å². The molecule has 1 atom stereocenters. The molecule has 0 aromatic heterocycles. The average molecular weight is 260 g/mol. The van der Waals surface area contributed by atoms with Crippen LogP contribution in [0.15, 0.2) is 18.2 Å². The lowest BCUT2D eigenvalue weighted by Gasteiger charge is -2.17. The van der Waals surface area contributed by atoms with Crippen molar-refractivity contribution in [2.24, 2.45) is 17.6 Å². The maximum absolute atomic E-state index is 6.14. The molecule has 0 aliphatic carbocycles. The number of hydrogen-bond donors (Lipinski definition) is 1. The molecule has 16 heavy (non-hydrogen) atoms. The molecule has 0 spiro atoms. The zero-order valence-corrected chi connectivity index (χ0v) is 11.4. The Morgan fingerprint density at radius 1 is 1.25 bits per heavy atom. The molecule has 0 aliphatic rings. The second-order valence-corrected chi connectivity index (χ2v) is 5.51. The normalized spacial score (nSPS) is 13.1. The first-order valence-electron chi connectivity index (χ1n) is 5.67. The third-order valence-electron chi connectivity index (χ3n) is 2.66. The van der Waals surface area contributed by atoms with E-state index in [0.29, 0.717) is 23.4 Å². The molecule has 0 radical (unpaired) electrons. The SMILES string of the molecule is CC(C)CC(CN)Cc1ccc(Cl)cc1Cl. The summed E-state index contributed by atoms with van der Waals surface area (Å²) in [6.07, 6.45) is 2.07. The van der Waals surface area contributed by atoms with Crippen LogP contribution in [0, 0.1) is 11.8 Å². The summed E-state index contributed by atoms with van der Waals surface area (Å²) in [5.41, 5.74) is 6.92. The summed E-state index contributed by atoms with van der Waals surface area (Å²) in [6.45, 7) is 5.13. The van der Waals surface area contributed by atoms with Crippen LogP contribution in [0.4, 0.5) is 0 Å². The van der Waals surface area contributed by atoms with Gasteiger partial charge in [0, 0.05) is 10.0 Å². The van der Waals surface area contributed by atoms with Gasteiger partial charge in [-0.1, -0.05) is 43.1 Å². The smallest absolute Gasteiger partial charge is 0.0452 e. The van der Waals surface area contributed by atoms with Gasteiger partial charge in [-0.25, -0.2) is 0 Å². The molecular weight excluding hydrogens is 241 g/mol. The Bertz CT molecular complexity index is 337. The van der Waals surface area contributed by atoms with Crippen molar-refractivity contribution >= 4 is 23.2 Å². The van der Waals surface area contributed by atoms with E-state index < -0.39 is 0 Å². The van der Waals surface area contributed by atoms with Crippen molar-refractivity contribution in [2.75, 3.05) is 6.54 Å². The standard InChI is InChI=1S/C13H19Cl2N/c1-9(2)5-10(8-16)6-11-3-4-12(14)7-13(11)15/h3-4,7,9-10H,5-6,8,16H2,1-2H3. The Morgan fingerprint density at radius 2 is 1.94 bits per heavy atom. The van der Waals surface area contributed by atoms with Crippen LogP contribution in [0.1, 0.15) is 25.8 Å². The fourth-order valence-corrected chi connectivity index (χ4v) is 2.41. The number of rotatable bonds is 5. The van der Waals surface area contributed by atoms with E-state index in [2.05, 4.69) is 13.8 Å². The summed E-state index contributed by atoms with van der Waals surface area (Å²) < 4.78 is 0. The summed E-state index contributed by atoms with van der Waals surface area (Å²) in [5.74, 6) is 1.17. The Morgan fingerprint density at radius 3 is 2.44 bits per heavy atom. The van der Waals surface area contributed by atoms with Crippen LogP contribution in [0.2, 0.25) is 10.0 Å². The minimum Gasteiger partial charge on any atom is -0.330 e. The largest absolute Gasteiger partial charge is 0.330 e. The minimum absolute atomic E-state index is 0.499. The molecule has 0 saturated heterocycles. The Labute approximate surface area is 108 Å². The summed E-state index contributed by atoms with van der Waals surface area (Å²) >= 11 is 12.0. The quantitative estimate of drug-likeness (QED) is 0.845. The highest BCUT2D eigenvalue weighted by atomic mass is 35.5. The van der Waals surface area contributed by atoms with Crippen molar-refractivity contribution < 1.29 is 0 Å². The van der Waals surface area contributed by atoms with Crippen molar-refractivity contribution in [1.82, 2.24) is 0 Å². The van der Waals surface area contributed by atoms with Gasteiger partial charge in [-0.15, -0.1) is 0 Å². The predicted octanol–water partition coefficient (Wildman–Crippen LogP) is 4.16. The fourth-order valence-electron chi connectivity index (χ4n) is 1.93. The highest BCUT2D eigenvalue weighted by Gasteiger charge is 2.12. The number of halogens is 2. The first kappa shape index (κ1) is 13.8. The highest BCUT2D eigenvalue weighted by molar-refractivity contribution is 6.35. The Hall–Kier alpha value is -0.240. The monoisotopic (exact) mass is 259 g/mol. The van der Waals surface area contributed by atoms with Gasteiger partial charge in [0.2, 0.25) is 0 Å². The molecule has 0 bridgehead atoms. The molecule has 3 heteroatoms. The van der Waals surface area contributed by atoms with Gasteiger partial charge in [0.15, 0.2) is 0 Å². The Kier molecular flexibility index (Phi) is 5.60. The molecule has 0 fully saturated rings. The fraction of sp³-hybridized carbons (Fsp3) is 0.538. The molecule has 1 rings (SSSR count). The zero-order valence-electron chi connectivity index (χ0n) is 9.84. The number of benzene rings is 1. The van der Waals surface area contributed by atoms with E-state index in [0.717, 1.165) is 23.4 Å².